The van der Waals surface area contributed by atoms with E-state index in [1.54, 1.807) is 35.0 Å². The molecule has 0 spiro atoms. The fraction of sp³-hybridized carbons (Fsp3) is 0.500. The molecule has 0 saturated heterocycles. The van der Waals surface area contributed by atoms with Crippen LogP contribution in [0.15, 0.2) is 35.3 Å². The van der Waals surface area contributed by atoms with E-state index in [0.717, 1.165) is 37.8 Å². The molecule has 0 atom stereocenters. The second-order valence-electron chi connectivity index (χ2n) is 7.82. The SMILES string of the molecule is CCCCNC(=O)C1(NC(=O)c2ccc(-n3c(C)c[nH]c3=O)cc2)CCCCC1. The molecule has 3 N–H and O–H groups in total. The number of carbonyl (C=O) groups excluding carboxylic acids is 2. The summed E-state index contributed by atoms with van der Waals surface area (Å²) in [5, 5.41) is 6.02. The van der Waals surface area contributed by atoms with Crippen molar-refractivity contribution >= 4 is 11.8 Å². The molecule has 156 valence electrons. The molecule has 1 fully saturated rings. The number of hydrogen-bond acceptors (Lipinski definition) is 3. The number of imidazole rings is 1. The topological polar surface area (TPSA) is 96.0 Å². The molecule has 1 aliphatic carbocycles. The number of aromatic nitrogens is 2. The Balaban J connectivity index is 1.76. The van der Waals surface area contributed by atoms with Gasteiger partial charge in [0.05, 0.1) is 5.69 Å². The Kier molecular flexibility index (Phi) is 6.56. The minimum atomic E-state index is -0.837. The highest BCUT2D eigenvalue weighted by Gasteiger charge is 2.40. The van der Waals surface area contributed by atoms with Crippen molar-refractivity contribution in [1.29, 1.82) is 0 Å². The van der Waals surface area contributed by atoms with Crippen molar-refractivity contribution in [2.45, 2.75) is 64.3 Å². The maximum absolute atomic E-state index is 12.9. The van der Waals surface area contributed by atoms with Gasteiger partial charge in [-0.3, -0.25) is 14.2 Å². The zero-order valence-corrected chi connectivity index (χ0v) is 17.2. The molecular weight excluding hydrogens is 368 g/mol. The van der Waals surface area contributed by atoms with E-state index < -0.39 is 5.54 Å². The number of nitrogens with one attached hydrogen (secondary N) is 3. The summed E-state index contributed by atoms with van der Waals surface area (Å²) in [6.07, 6.45) is 7.84. The molecule has 7 heteroatoms. The quantitative estimate of drug-likeness (QED) is 0.626. The van der Waals surface area contributed by atoms with Crippen LogP contribution in [0.1, 0.15) is 67.9 Å². The summed E-state index contributed by atoms with van der Waals surface area (Å²) in [6.45, 7) is 4.55. The van der Waals surface area contributed by atoms with Gasteiger partial charge in [0.1, 0.15) is 5.54 Å². The smallest absolute Gasteiger partial charge is 0.330 e. The molecule has 0 radical (unpaired) electrons. The van der Waals surface area contributed by atoms with Gasteiger partial charge in [-0.05, 0) is 50.5 Å². The summed E-state index contributed by atoms with van der Waals surface area (Å²) >= 11 is 0. The molecule has 1 aromatic heterocycles. The average molecular weight is 399 g/mol. The van der Waals surface area contributed by atoms with Gasteiger partial charge in [0.15, 0.2) is 0 Å². The molecule has 29 heavy (non-hydrogen) atoms. The summed E-state index contributed by atoms with van der Waals surface area (Å²) < 4.78 is 1.55. The summed E-state index contributed by atoms with van der Waals surface area (Å²) in [6, 6.07) is 6.86. The third-order valence-electron chi connectivity index (χ3n) is 5.66. The van der Waals surface area contributed by atoms with Crippen molar-refractivity contribution in [1.82, 2.24) is 20.2 Å². The number of nitrogens with zero attached hydrogens (tertiary/aromatic N) is 1. The first-order valence-corrected chi connectivity index (χ1v) is 10.4. The molecule has 0 aliphatic heterocycles. The number of hydrogen-bond donors (Lipinski definition) is 3. The third-order valence-corrected chi connectivity index (χ3v) is 5.66. The van der Waals surface area contributed by atoms with E-state index in [1.165, 1.54) is 0 Å². The van der Waals surface area contributed by atoms with Gasteiger partial charge in [0.25, 0.3) is 5.91 Å². The molecule has 0 unspecified atom stereocenters. The van der Waals surface area contributed by atoms with Crippen LogP contribution in [-0.4, -0.2) is 33.4 Å². The maximum atomic E-state index is 12.9. The third kappa shape index (κ3) is 4.60. The average Bonchev–Trinajstić information content (AvgIpc) is 3.07. The van der Waals surface area contributed by atoms with Crippen molar-refractivity contribution in [3.8, 4) is 5.69 Å². The van der Waals surface area contributed by atoms with Gasteiger partial charge in [-0.15, -0.1) is 0 Å². The van der Waals surface area contributed by atoms with Crippen molar-refractivity contribution in [2.24, 2.45) is 0 Å². The van der Waals surface area contributed by atoms with Crippen LogP contribution in [0.3, 0.4) is 0 Å². The van der Waals surface area contributed by atoms with E-state index in [9.17, 15) is 14.4 Å². The van der Waals surface area contributed by atoms with Crippen molar-refractivity contribution in [3.63, 3.8) is 0 Å². The van der Waals surface area contributed by atoms with Gasteiger partial charge >= 0.3 is 5.69 Å². The summed E-state index contributed by atoms with van der Waals surface area (Å²) in [4.78, 5) is 40.4. The van der Waals surface area contributed by atoms with E-state index in [0.29, 0.717) is 30.6 Å². The second-order valence-corrected chi connectivity index (χ2v) is 7.82. The van der Waals surface area contributed by atoms with E-state index in [1.807, 2.05) is 6.92 Å². The largest absolute Gasteiger partial charge is 0.354 e. The Hall–Kier alpha value is -2.83. The summed E-state index contributed by atoms with van der Waals surface area (Å²) in [7, 11) is 0. The number of benzene rings is 1. The number of carbonyl (C=O) groups is 2. The molecule has 2 aromatic rings. The first kappa shape index (κ1) is 20.9. The van der Waals surface area contributed by atoms with E-state index in [4.69, 9.17) is 0 Å². The van der Waals surface area contributed by atoms with Crippen LogP contribution in [0.25, 0.3) is 5.69 Å². The number of aromatic amines is 1. The molecule has 2 amide bonds. The molecular formula is C22H30N4O3. The highest BCUT2D eigenvalue weighted by Crippen LogP contribution is 2.29. The predicted molar refractivity (Wildman–Crippen MR) is 112 cm³/mol. The monoisotopic (exact) mass is 398 g/mol. The maximum Gasteiger partial charge on any atom is 0.330 e. The van der Waals surface area contributed by atoms with Crippen molar-refractivity contribution < 1.29 is 9.59 Å². The highest BCUT2D eigenvalue weighted by atomic mass is 16.2. The number of amides is 2. The lowest BCUT2D eigenvalue weighted by atomic mass is 9.80. The van der Waals surface area contributed by atoms with Crippen LogP contribution in [0.2, 0.25) is 0 Å². The highest BCUT2D eigenvalue weighted by molar-refractivity contribution is 5.99. The zero-order chi connectivity index (χ0) is 20.9. The van der Waals surface area contributed by atoms with Crippen LogP contribution in [0.4, 0.5) is 0 Å². The van der Waals surface area contributed by atoms with Crippen LogP contribution in [0, 0.1) is 6.92 Å². The van der Waals surface area contributed by atoms with Crippen LogP contribution < -0.4 is 16.3 Å². The van der Waals surface area contributed by atoms with Gasteiger partial charge in [-0.25, -0.2) is 4.79 Å². The molecule has 1 heterocycles. The molecule has 7 nitrogen and oxygen atoms in total. The predicted octanol–water partition coefficient (Wildman–Crippen LogP) is 2.82. The zero-order valence-electron chi connectivity index (χ0n) is 17.2. The molecule has 1 saturated carbocycles. The fourth-order valence-corrected chi connectivity index (χ4v) is 3.94. The van der Waals surface area contributed by atoms with Gasteiger partial charge in [-0.1, -0.05) is 32.6 Å². The Morgan fingerprint density at radius 2 is 1.83 bits per heavy atom. The van der Waals surface area contributed by atoms with Crippen LogP contribution >= 0.6 is 0 Å². The fourth-order valence-electron chi connectivity index (χ4n) is 3.94. The van der Waals surface area contributed by atoms with Crippen LogP contribution in [-0.2, 0) is 4.79 Å². The Morgan fingerprint density at radius 1 is 1.14 bits per heavy atom. The minimum absolute atomic E-state index is 0.0786. The number of aryl methyl sites for hydroxylation is 1. The van der Waals surface area contributed by atoms with Gasteiger partial charge in [0.2, 0.25) is 5.91 Å². The van der Waals surface area contributed by atoms with E-state index in [-0.39, 0.29) is 17.5 Å². The van der Waals surface area contributed by atoms with E-state index >= 15 is 0 Å². The Bertz CT molecular complexity index is 905. The van der Waals surface area contributed by atoms with Gasteiger partial charge < -0.3 is 15.6 Å². The van der Waals surface area contributed by atoms with Crippen molar-refractivity contribution in [3.05, 3.63) is 52.2 Å². The van der Waals surface area contributed by atoms with Gasteiger partial charge in [0, 0.05) is 24.0 Å². The normalized spacial score (nSPS) is 15.7. The molecule has 3 rings (SSSR count). The van der Waals surface area contributed by atoms with E-state index in [2.05, 4.69) is 22.5 Å². The number of unbranched alkanes of at least 4 members (excludes halogenated alkanes) is 1. The lowest BCUT2D eigenvalue weighted by Crippen LogP contribution is -2.59. The molecule has 0 bridgehead atoms. The van der Waals surface area contributed by atoms with Gasteiger partial charge in [-0.2, -0.15) is 0 Å². The Morgan fingerprint density at radius 3 is 2.41 bits per heavy atom. The second kappa shape index (κ2) is 9.11. The minimum Gasteiger partial charge on any atom is -0.354 e. The Labute approximate surface area is 170 Å². The lowest BCUT2D eigenvalue weighted by molar-refractivity contribution is -0.128. The number of rotatable bonds is 7. The first-order chi connectivity index (χ1) is 14.0. The van der Waals surface area contributed by atoms with Crippen molar-refractivity contribution in [2.75, 3.05) is 6.54 Å². The molecule has 1 aromatic carbocycles. The molecule has 1 aliphatic rings. The summed E-state index contributed by atoms with van der Waals surface area (Å²) in [5.41, 5.74) is 0.897. The lowest BCUT2D eigenvalue weighted by Gasteiger charge is -2.36. The van der Waals surface area contributed by atoms with Crippen LogP contribution in [0.5, 0.6) is 0 Å². The standard InChI is InChI=1S/C22H30N4O3/c1-3-4-14-23-20(28)22(12-6-5-7-13-22)25-19(27)17-8-10-18(11-9-17)26-16(2)15-24-21(26)29/h8-11,15H,3-7,12-14H2,1-2H3,(H,23,28)(H,24,29)(H,25,27). The number of H-pyrrole nitrogens is 1. The summed E-state index contributed by atoms with van der Waals surface area (Å²) in [5.74, 6) is -0.340. The first-order valence-electron chi connectivity index (χ1n) is 10.4.